The van der Waals surface area contributed by atoms with Crippen molar-refractivity contribution in [1.82, 2.24) is 0 Å². The van der Waals surface area contributed by atoms with Gasteiger partial charge in [0.2, 0.25) is 0 Å². The predicted octanol–water partition coefficient (Wildman–Crippen LogP) is 2.78. The van der Waals surface area contributed by atoms with Gasteiger partial charge in [-0.25, -0.2) is 13.2 Å². The van der Waals surface area contributed by atoms with Crippen molar-refractivity contribution in [3.63, 3.8) is 0 Å². The monoisotopic (exact) mass is 244 g/mol. The molecule has 0 bridgehead atoms. The molecule has 14 heavy (non-hydrogen) atoms. The quantitative estimate of drug-likeness (QED) is 0.410. The van der Waals surface area contributed by atoms with Crippen molar-refractivity contribution in [2.45, 2.75) is 18.3 Å². The average Bonchev–Trinajstić information content (AvgIpc) is 2.01. The van der Waals surface area contributed by atoms with Gasteiger partial charge in [-0.15, -0.1) is 11.6 Å². The molecule has 0 aliphatic rings. The van der Waals surface area contributed by atoms with E-state index in [1.807, 2.05) is 0 Å². The molecule has 0 radical (unpaired) electrons. The van der Waals surface area contributed by atoms with Crippen LogP contribution in [0.3, 0.4) is 0 Å². The van der Waals surface area contributed by atoms with Crippen LogP contribution in [0.5, 0.6) is 0 Å². The number of rotatable bonds is 5. The highest BCUT2D eigenvalue weighted by molar-refractivity contribution is 6.17. The molecule has 0 fully saturated rings. The van der Waals surface area contributed by atoms with Gasteiger partial charge in [-0.3, -0.25) is 0 Å². The molecule has 0 saturated heterocycles. The van der Waals surface area contributed by atoms with Crippen molar-refractivity contribution in [2.24, 2.45) is 0 Å². The van der Waals surface area contributed by atoms with Crippen LogP contribution in [0.1, 0.15) is 0 Å². The summed E-state index contributed by atoms with van der Waals surface area (Å²) >= 11 is 5.01. The van der Waals surface area contributed by atoms with E-state index < -0.39 is 24.9 Å². The van der Waals surface area contributed by atoms with E-state index in [4.69, 9.17) is 11.6 Å². The Kier molecular flexibility index (Phi) is 5.00. The summed E-state index contributed by atoms with van der Waals surface area (Å²) < 4.78 is 75.5. The van der Waals surface area contributed by atoms with Gasteiger partial charge in [0.1, 0.15) is 6.61 Å². The zero-order chi connectivity index (χ0) is 11.4. The van der Waals surface area contributed by atoms with Gasteiger partial charge >= 0.3 is 12.1 Å². The number of alkyl halides is 7. The maximum atomic E-state index is 12.4. The van der Waals surface area contributed by atoms with Crippen LogP contribution in [-0.2, 0) is 4.74 Å². The fraction of sp³-hybridized carbons (Fsp3) is 1.00. The van der Waals surface area contributed by atoms with Crippen LogP contribution < -0.4 is 0 Å². The van der Waals surface area contributed by atoms with Crippen LogP contribution in [-0.4, -0.2) is 37.4 Å². The molecule has 0 aromatic rings. The third-order valence-electron chi connectivity index (χ3n) is 1.17. The SMILES string of the molecule is F[C@H](C(F)(F)F)C(F)(F)COCCCl. The van der Waals surface area contributed by atoms with Gasteiger partial charge in [0.25, 0.3) is 6.17 Å². The molecule has 0 aromatic carbocycles. The Hall–Kier alpha value is -0.170. The molecule has 0 aliphatic carbocycles. The van der Waals surface area contributed by atoms with Crippen molar-refractivity contribution in [1.29, 1.82) is 0 Å². The number of ether oxygens (including phenoxy) is 1. The highest BCUT2D eigenvalue weighted by Crippen LogP contribution is 2.34. The Balaban J connectivity index is 4.16. The van der Waals surface area contributed by atoms with Crippen LogP contribution in [0.15, 0.2) is 0 Å². The normalized spacial score (nSPS) is 15.6. The van der Waals surface area contributed by atoms with Crippen LogP contribution in [0.25, 0.3) is 0 Å². The zero-order valence-corrected chi connectivity index (χ0v) is 7.51. The Bertz CT molecular complexity index is 170. The molecule has 0 amide bonds. The highest BCUT2D eigenvalue weighted by Gasteiger charge is 2.56. The fourth-order valence-electron chi connectivity index (χ4n) is 0.575. The number of halogens is 7. The largest absolute Gasteiger partial charge is 0.425 e. The standard InChI is InChI=1S/C6H7ClF6O/c7-1-2-14-3-5(9,10)4(8)6(11,12)13/h4H,1-3H2/t4-/m0/s1. The van der Waals surface area contributed by atoms with E-state index in [-0.39, 0.29) is 12.5 Å². The van der Waals surface area contributed by atoms with E-state index in [1.165, 1.54) is 0 Å². The first-order valence-corrected chi connectivity index (χ1v) is 3.97. The van der Waals surface area contributed by atoms with Gasteiger partial charge in [0.05, 0.1) is 6.61 Å². The van der Waals surface area contributed by atoms with E-state index >= 15 is 0 Å². The molecular weight excluding hydrogens is 238 g/mol. The van der Waals surface area contributed by atoms with E-state index in [0.717, 1.165) is 0 Å². The molecule has 0 saturated carbocycles. The van der Waals surface area contributed by atoms with Crippen molar-refractivity contribution in [3.8, 4) is 0 Å². The van der Waals surface area contributed by atoms with E-state index in [1.54, 1.807) is 0 Å². The van der Waals surface area contributed by atoms with Gasteiger partial charge in [-0.2, -0.15) is 13.2 Å². The third-order valence-corrected chi connectivity index (χ3v) is 1.33. The molecule has 0 N–H and O–H groups in total. The Morgan fingerprint density at radius 2 is 1.64 bits per heavy atom. The van der Waals surface area contributed by atoms with Crippen molar-refractivity contribution >= 4 is 11.6 Å². The van der Waals surface area contributed by atoms with Gasteiger partial charge in [0, 0.05) is 5.88 Å². The molecule has 0 aromatic heterocycles. The van der Waals surface area contributed by atoms with Crippen LogP contribution in [0.4, 0.5) is 26.3 Å². The van der Waals surface area contributed by atoms with Gasteiger partial charge in [0.15, 0.2) is 0 Å². The van der Waals surface area contributed by atoms with Crippen LogP contribution in [0, 0.1) is 0 Å². The fourth-order valence-corrected chi connectivity index (χ4v) is 0.685. The van der Waals surface area contributed by atoms with Gasteiger partial charge < -0.3 is 4.74 Å². The van der Waals surface area contributed by atoms with E-state index in [0.29, 0.717) is 0 Å². The minimum absolute atomic E-state index is 0.154. The molecule has 1 nitrogen and oxygen atoms in total. The van der Waals surface area contributed by atoms with Crippen LogP contribution in [0.2, 0.25) is 0 Å². The van der Waals surface area contributed by atoms with Gasteiger partial charge in [-0.05, 0) is 0 Å². The summed E-state index contributed by atoms with van der Waals surface area (Å²) in [4.78, 5) is 0. The summed E-state index contributed by atoms with van der Waals surface area (Å²) in [6, 6.07) is 0. The van der Waals surface area contributed by atoms with E-state index in [9.17, 15) is 26.3 Å². The lowest BCUT2D eigenvalue weighted by Gasteiger charge is -2.22. The first kappa shape index (κ1) is 13.8. The lowest BCUT2D eigenvalue weighted by molar-refractivity contribution is -0.254. The van der Waals surface area contributed by atoms with Crippen molar-refractivity contribution < 1.29 is 31.1 Å². The van der Waals surface area contributed by atoms with Crippen molar-refractivity contribution in [2.75, 3.05) is 19.1 Å². The second-order valence-electron chi connectivity index (χ2n) is 2.41. The molecule has 0 rings (SSSR count). The molecule has 0 heterocycles. The zero-order valence-electron chi connectivity index (χ0n) is 6.75. The minimum atomic E-state index is -5.59. The molecule has 1 atom stereocenters. The molecule has 0 aliphatic heterocycles. The first-order chi connectivity index (χ1) is 6.22. The molecule has 8 heteroatoms. The summed E-state index contributed by atoms with van der Waals surface area (Å²) in [5, 5.41) is 0. The van der Waals surface area contributed by atoms with Crippen LogP contribution >= 0.6 is 11.6 Å². The predicted molar refractivity (Wildman–Crippen MR) is 37.4 cm³/mol. The first-order valence-electron chi connectivity index (χ1n) is 3.44. The van der Waals surface area contributed by atoms with E-state index in [2.05, 4.69) is 4.74 Å². The summed E-state index contributed by atoms with van der Waals surface area (Å²) in [5.41, 5.74) is 0. The maximum absolute atomic E-state index is 12.4. The lowest BCUT2D eigenvalue weighted by atomic mass is 10.2. The second-order valence-corrected chi connectivity index (χ2v) is 2.78. The maximum Gasteiger partial charge on any atom is 0.425 e. The highest BCUT2D eigenvalue weighted by atomic mass is 35.5. The Labute approximate surface area is 81.0 Å². The van der Waals surface area contributed by atoms with Gasteiger partial charge in [-0.1, -0.05) is 0 Å². The molecule has 0 unspecified atom stereocenters. The summed E-state index contributed by atoms with van der Waals surface area (Å²) in [6.45, 7) is -2.00. The molecule has 86 valence electrons. The summed E-state index contributed by atoms with van der Waals surface area (Å²) in [5.74, 6) is -4.73. The lowest BCUT2D eigenvalue weighted by Crippen LogP contribution is -2.44. The number of hydrogen-bond donors (Lipinski definition) is 0. The second kappa shape index (κ2) is 5.06. The number of hydrogen-bond acceptors (Lipinski definition) is 1. The minimum Gasteiger partial charge on any atom is -0.374 e. The Morgan fingerprint density at radius 3 is 2.00 bits per heavy atom. The molecule has 0 spiro atoms. The summed E-state index contributed by atoms with van der Waals surface area (Å²) in [7, 11) is 0. The smallest absolute Gasteiger partial charge is 0.374 e. The third kappa shape index (κ3) is 4.36. The molecular formula is C6H7ClF6O. The van der Waals surface area contributed by atoms with Crippen molar-refractivity contribution in [3.05, 3.63) is 0 Å². The average molecular weight is 245 g/mol. The summed E-state index contributed by atoms with van der Waals surface area (Å²) in [6.07, 6.45) is -9.81. The topological polar surface area (TPSA) is 9.23 Å². The Morgan fingerprint density at radius 1 is 1.14 bits per heavy atom.